The number of benzene rings is 1. The first-order valence-corrected chi connectivity index (χ1v) is 9.33. The van der Waals surface area contributed by atoms with Crippen molar-refractivity contribution < 1.29 is 17.9 Å². The van der Waals surface area contributed by atoms with Crippen LogP contribution in [0.2, 0.25) is 0 Å². The summed E-state index contributed by atoms with van der Waals surface area (Å²) in [5.41, 5.74) is 6.10. The third-order valence-electron chi connectivity index (χ3n) is 4.17. The molecule has 6 nitrogen and oxygen atoms in total. The molecule has 1 aliphatic heterocycles. The predicted octanol–water partition coefficient (Wildman–Crippen LogP) is 2.03. The van der Waals surface area contributed by atoms with Gasteiger partial charge >= 0.3 is 5.97 Å². The molecule has 8 heteroatoms. The molecule has 0 aliphatic carbocycles. The number of halogens is 1. The molecule has 1 aliphatic rings. The minimum Gasteiger partial charge on any atom is -0.462 e. The number of nitrogens with zero attached hydrogens (tertiary/aromatic N) is 1. The van der Waals surface area contributed by atoms with Gasteiger partial charge in [-0.3, -0.25) is 0 Å². The maximum Gasteiger partial charge on any atom is 0.338 e. The van der Waals surface area contributed by atoms with E-state index in [4.69, 9.17) is 10.5 Å². The summed E-state index contributed by atoms with van der Waals surface area (Å²) in [6, 6.07) is 5.69. The monoisotopic (exact) mass is 376 g/mol. The van der Waals surface area contributed by atoms with Gasteiger partial charge in [-0.15, -0.1) is 12.4 Å². The predicted molar refractivity (Wildman–Crippen MR) is 94.8 cm³/mol. The van der Waals surface area contributed by atoms with Crippen molar-refractivity contribution in [3.05, 3.63) is 29.8 Å². The molecule has 0 aromatic heterocycles. The van der Waals surface area contributed by atoms with E-state index in [9.17, 15) is 13.2 Å². The summed E-state index contributed by atoms with van der Waals surface area (Å²) in [4.78, 5) is 11.8. The van der Waals surface area contributed by atoms with Crippen LogP contribution in [0, 0.1) is 5.92 Å². The van der Waals surface area contributed by atoms with Gasteiger partial charge in [-0.25, -0.2) is 13.2 Å². The Morgan fingerprint density at radius 1 is 1.33 bits per heavy atom. The zero-order valence-electron chi connectivity index (χ0n) is 14.0. The molecule has 1 aromatic rings. The number of hydrogen-bond donors (Lipinski definition) is 1. The van der Waals surface area contributed by atoms with E-state index in [-0.39, 0.29) is 30.0 Å². The normalized spacial score (nSPS) is 21.8. The zero-order valence-corrected chi connectivity index (χ0v) is 15.6. The van der Waals surface area contributed by atoms with Crippen molar-refractivity contribution in [1.29, 1.82) is 0 Å². The second-order valence-electron chi connectivity index (χ2n) is 5.88. The summed E-state index contributed by atoms with van der Waals surface area (Å²) < 4.78 is 32.0. The van der Waals surface area contributed by atoms with Crippen LogP contribution in [-0.4, -0.2) is 44.4 Å². The van der Waals surface area contributed by atoms with Gasteiger partial charge < -0.3 is 10.5 Å². The van der Waals surface area contributed by atoms with E-state index in [1.165, 1.54) is 28.6 Å². The van der Waals surface area contributed by atoms with Crippen molar-refractivity contribution in [2.75, 3.05) is 19.7 Å². The number of carbonyl (C=O) groups is 1. The molecule has 136 valence electrons. The van der Waals surface area contributed by atoms with Crippen molar-refractivity contribution in [2.24, 2.45) is 11.7 Å². The molecule has 0 spiro atoms. The van der Waals surface area contributed by atoms with Crippen LogP contribution in [-0.2, 0) is 14.8 Å². The van der Waals surface area contributed by atoms with Gasteiger partial charge in [0.05, 0.1) is 17.1 Å². The summed E-state index contributed by atoms with van der Waals surface area (Å²) >= 11 is 0. The molecule has 0 saturated carbocycles. The second kappa shape index (κ2) is 8.80. The Bertz CT molecular complexity index is 649. The molecule has 0 amide bonds. The first kappa shape index (κ1) is 20.9. The largest absolute Gasteiger partial charge is 0.462 e. The number of sulfonamides is 1. The Labute approximate surface area is 149 Å². The van der Waals surface area contributed by atoms with Gasteiger partial charge in [0.15, 0.2) is 0 Å². The number of esters is 1. The van der Waals surface area contributed by atoms with E-state index in [1.807, 2.05) is 0 Å². The summed E-state index contributed by atoms with van der Waals surface area (Å²) in [5, 5.41) is 0. The van der Waals surface area contributed by atoms with Crippen LogP contribution in [0.5, 0.6) is 0 Å². The Hall–Kier alpha value is -1.15. The summed E-state index contributed by atoms with van der Waals surface area (Å²) in [6.07, 6.45) is 1.60. The average Bonchev–Trinajstić information content (AvgIpc) is 2.54. The molecule has 2 rings (SSSR count). The molecule has 0 bridgehead atoms. The van der Waals surface area contributed by atoms with Crippen molar-refractivity contribution in [2.45, 2.75) is 37.6 Å². The maximum atomic E-state index is 12.8. The van der Waals surface area contributed by atoms with Crippen LogP contribution in [0.25, 0.3) is 0 Å². The number of piperidine rings is 1. The highest BCUT2D eigenvalue weighted by molar-refractivity contribution is 7.89. The van der Waals surface area contributed by atoms with Crippen molar-refractivity contribution in [1.82, 2.24) is 4.31 Å². The smallest absolute Gasteiger partial charge is 0.338 e. The fourth-order valence-corrected chi connectivity index (χ4v) is 4.53. The van der Waals surface area contributed by atoms with Crippen LogP contribution in [0.1, 0.15) is 37.0 Å². The highest BCUT2D eigenvalue weighted by Crippen LogP contribution is 2.28. The van der Waals surface area contributed by atoms with E-state index in [2.05, 4.69) is 6.92 Å². The number of hydrogen-bond acceptors (Lipinski definition) is 5. The Morgan fingerprint density at radius 2 is 1.96 bits per heavy atom. The molecular weight excluding hydrogens is 352 g/mol. The van der Waals surface area contributed by atoms with E-state index in [1.54, 1.807) is 6.92 Å². The van der Waals surface area contributed by atoms with E-state index < -0.39 is 16.0 Å². The number of rotatable bonds is 5. The first-order chi connectivity index (χ1) is 10.9. The Kier molecular flexibility index (Phi) is 7.66. The molecule has 1 aromatic carbocycles. The van der Waals surface area contributed by atoms with Gasteiger partial charge in [0.1, 0.15) is 0 Å². The lowest BCUT2D eigenvalue weighted by atomic mass is 9.94. The molecule has 2 N–H and O–H groups in total. The lowest BCUT2D eigenvalue weighted by molar-refractivity contribution is 0.0526. The minimum atomic E-state index is -3.60. The topological polar surface area (TPSA) is 89.7 Å². The van der Waals surface area contributed by atoms with E-state index >= 15 is 0 Å². The number of nitrogens with two attached hydrogens (primary N) is 1. The van der Waals surface area contributed by atoms with Crippen LogP contribution in [0.15, 0.2) is 29.2 Å². The summed E-state index contributed by atoms with van der Waals surface area (Å²) in [7, 11) is -3.60. The van der Waals surface area contributed by atoms with Crippen LogP contribution < -0.4 is 5.73 Å². The van der Waals surface area contributed by atoms with Gasteiger partial charge in [0, 0.05) is 19.1 Å². The Morgan fingerprint density at radius 3 is 2.50 bits per heavy atom. The van der Waals surface area contributed by atoms with Gasteiger partial charge in [0.2, 0.25) is 10.0 Å². The number of carbonyl (C=O) groups excluding carboxylic acids is 1. The fraction of sp³-hybridized carbons (Fsp3) is 0.562. The third-order valence-corrected chi connectivity index (χ3v) is 6.13. The van der Waals surface area contributed by atoms with E-state index in [0.29, 0.717) is 24.6 Å². The zero-order chi connectivity index (χ0) is 17.0. The van der Waals surface area contributed by atoms with E-state index in [0.717, 1.165) is 12.8 Å². The molecule has 1 heterocycles. The standard InChI is InChI=1S/C16H24N2O4S.ClH/c1-3-22-16(19)13-4-6-15(7-5-13)23(20,21)18-9-8-12(2)10-14(18)11-17;/h4-7,12,14H,3,8-11,17H2,1-2H3;1H. The third kappa shape index (κ3) is 4.47. The van der Waals surface area contributed by atoms with Gasteiger partial charge in [-0.2, -0.15) is 4.31 Å². The van der Waals surface area contributed by atoms with Crippen LogP contribution in [0.3, 0.4) is 0 Å². The van der Waals surface area contributed by atoms with Crippen molar-refractivity contribution >= 4 is 28.4 Å². The summed E-state index contributed by atoms with van der Waals surface area (Å²) in [5.74, 6) is 0.0178. The lowest BCUT2D eigenvalue weighted by Crippen LogP contribution is -2.49. The quantitative estimate of drug-likeness (QED) is 0.794. The maximum absolute atomic E-state index is 12.8. The van der Waals surface area contributed by atoms with Crippen molar-refractivity contribution in [3.63, 3.8) is 0 Å². The fourth-order valence-electron chi connectivity index (χ4n) is 2.87. The summed E-state index contributed by atoms with van der Waals surface area (Å²) in [6.45, 7) is 4.90. The lowest BCUT2D eigenvalue weighted by Gasteiger charge is -2.36. The highest BCUT2D eigenvalue weighted by Gasteiger charge is 2.34. The van der Waals surface area contributed by atoms with Gasteiger partial charge in [0.25, 0.3) is 0 Å². The molecule has 24 heavy (non-hydrogen) atoms. The molecule has 1 fully saturated rings. The Balaban J connectivity index is 0.00000288. The second-order valence-corrected chi connectivity index (χ2v) is 7.77. The van der Waals surface area contributed by atoms with Crippen LogP contribution in [0.4, 0.5) is 0 Å². The minimum absolute atomic E-state index is 0. The molecule has 2 atom stereocenters. The SMILES string of the molecule is CCOC(=O)c1ccc(S(=O)(=O)N2CCC(C)CC2CN)cc1.Cl. The van der Waals surface area contributed by atoms with Crippen LogP contribution >= 0.6 is 12.4 Å². The molecule has 1 saturated heterocycles. The molecule has 0 radical (unpaired) electrons. The van der Waals surface area contributed by atoms with Crippen molar-refractivity contribution in [3.8, 4) is 0 Å². The molecular formula is C16H25ClN2O4S. The highest BCUT2D eigenvalue weighted by atomic mass is 35.5. The van der Waals surface area contributed by atoms with Gasteiger partial charge in [-0.1, -0.05) is 6.92 Å². The molecule has 2 unspecified atom stereocenters. The average molecular weight is 377 g/mol. The van der Waals surface area contributed by atoms with Gasteiger partial charge in [-0.05, 0) is 49.9 Å². The first-order valence-electron chi connectivity index (χ1n) is 7.89. The number of ether oxygens (including phenoxy) is 1.